The number of piperidine rings is 3. The van der Waals surface area contributed by atoms with Gasteiger partial charge in [0, 0.05) is 24.2 Å². The molecule has 3 fully saturated rings. The molecular weight excluding hydrogens is 701 g/mol. The van der Waals surface area contributed by atoms with Gasteiger partial charge < -0.3 is 18.9 Å². The highest BCUT2D eigenvalue weighted by Gasteiger charge is 2.37. The van der Waals surface area contributed by atoms with Crippen molar-refractivity contribution < 1.29 is 33.5 Å². The first-order valence-corrected chi connectivity index (χ1v) is 18.4. The highest BCUT2D eigenvalue weighted by molar-refractivity contribution is 6.35. The smallest absolute Gasteiger partial charge is 0.414 e. The molecule has 1 amide bonds. The third kappa shape index (κ3) is 8.65. The van der Waals surface area contributed by atoms with E-state index in [-0.39, 0.29) is 24.5 Å². The number of fused-ring (bicyclic) bond motifs is 3. The molecule has 1 aromatic heterocycles. The molecule has 11 heteroatoms. The van der Waals surface area contributed by atoms with Crippen LogP contribution < -0.4 is 19.4 Å². The van der Waals surface area contributed by atoms with E-state index in [1.807, 2.05) is 30.3 Å². The van der Waals surface area contributed by atoms with Crippen molar-refractivity contribution in [2.24, 2.45) is 5.92 Å². The fourth-order valence-electron chi connectivity index (χ4n) is 6.95. The van der Waals surface area contributed by atoms with E-state index in [0.29, 0.717) is 44.2 Å². The summed E-state index contributed by atoms with van der Waals surface area (Å²) in [6.45, 7) is 9.48. The average molecular weight is 748 g/mol. The van der Waals surface area contributed by atoms with Crippen LogP contribution in [0.15, 0.2) is 79.1 Å². The number of H-pyrrole nitrogens is 1. The molecule has 52 heavy (non-hydrogen) atoms. The van der Waals surface area contributed by atoms with Crippen LogP contribution in [-0.2, 0) is 27.9 Å². The molecule has 0 unspecified atom stereocenters. The minimum Gasteiger partial charge on any atom is -0.493 e. The third-order valence-corrected chi connectivity index (χ3v) is 10.7. The molecule has 2 atom stereocenters. The standard InChI is InChI=1S/C41H45Cl2N3O6/c1-41(2,3)30-10-7-11-31(20-30)46(40(48)52-38-25-45-16-14-27(38)15-17-45)24-26-8-6-9-29(18-26)39(47)51-36(21-32-33(42)22-44-23-34(32)43)28-12-13-35(49-4)37(19-28)50-5/h6-13,18-20,22-23,27,36,38H,14-17,21,24-25H2,1-5H3/p+1/t36-,38-/m0/s1. The van der Waals surface area contributed by atoms with Gasteiger partial charge in [-0.15, -0.1) is 0 Å². The Morgan fingerprint density at radius 3 is 2.29 bits per heavy atom. The number of carbonyl (C=O) groups is 2. The number of nitrogens with one attached hydrogen (secondary N) is 1. The zero-order chi connectivity index (χ0) is 37.0. The summed E-state index contributed by atoms with van der Waals surface area (Å²) in [6, 6.07) is 20.5. The Morgan fingerprint density at radius 2 is 1.63 bits per heavy atom. The summed E-state index contributed by atoms with van der Waals surface area (Å²) in [5.74, 6) is 0.848. The van der Waals surface area contributed by atoms with Gasteiger partial charge in [0.05, 0.1) is 26.3 Å². The maximum absolute atomic E-state index is 14.1. The average Bonchev–Trinajstić information content (AvgIpc) is 3.14. The lowest BCUT2D eigenvalue weighted by Crippen LogP contribution is -2.53. The van der Waals surface area contributed by atoms with Crippen LogP contribution >= 0.6 is 23.2 Å². The van der Waals surface area contributed by atoms with E-state index in [1.165, 1.54) is 0 Å². The Morgan fingerprint density at radius 1 is 0.923 bits per heavy atom. The molecule has 9 nitrogen and oxygen atoms in total. The summed E-state index contributed by atoms with van der Waals surface area (Å²) in [6.07, 6.45) is 4.20. The minimum absolute atomic E-state index is 0.123. The number of methoxy groups -OCH3 is 2. The molecule has 0 aliphatic carbocycles. The van der Waals surface area contributed by atoms with Crippen LogP contribution in [0.2, 0.25) is 10.0 Å². The number of hydrogen-bond acceptors (Lipinski definition) is 7. The van der Waals surface area contributed by atoms with Gasteiger partial charge in [-0.3, -0.25) is 9.80 Å². The SMILES string of the molecule is COc1ccc([C@H](Cc2c(Cl)c[nH+]cc2Cl)OC(=O)c2cccc(CN(C(=O)O[C@H]3CN4CCC3CC4)c3cccc(C(C)(C)C)c3)c2)cc1OC. The number of aromatic amines is 1. The number of halogens is 2. The number of benzene rings is 3. The molecule has 1 N–H and O–H groups in total. The van der Waals surface area contributed by atoms with E-state index >= 15 is 0 Å². The minimum atomic E-state index is -0.776. The number of carbonyl (C=O) groups excluding carboxylic acids is 2. The second-order valence-corrected chi connectivity index (χ2v) is 15.3. The Balaban J connectivity index is 1.28. The zero-order valence-corrected chi connectivity index (χ0v) is 31.8. The molecule has 4 aromatic rings. The highest BCUT2D eigenvalue weighted by atomic mass is 35.5. The number of nitrogens with zero attached hydrogens (tertiary/aromatic N) is 2. The van der Waals surface area contributed by atoms with Crippen molar-refractivity contribution in [2.75, 3.05) is 38.8 Å². The first kappa shape index (κ1) is 37.4. The van der Waals surface area contributed by atoms with E-state index in [2.05, 4.69) is 36.7 Å². The van der Waals surface area contributed by atoms with Crippen molar-refractivity contribution >= 4 is 41.0 Å². The fraction of sp³-hybridized carbons (Fsp3) is 0.390. The largest absolute Gasteiger partial charge is 0.493 e. The summed E-state index contributed by atoms with van der Waals surface area (Å²) < 4.78 is 23.4. The quantitative estimate of drug-likeness (QED) is 0.142. The number of pyridine rings is 1. The van der Waals surface area contributed by atoms with Gasteiger partial charge in [-0.2, -0.15) is 0 Å². The van der Waals surface area contributed by atoms with E-state index < -0.39 is 18.2 Å². The molecule has 4 heterocycles. The molecule has 0 saturated carbocycles. The van der Waals surface area contributed by atoms with Gasteiger partial charge in [-0.05, 0) is 90.4 Å². The predicted octanol–water partition coefficient (Wildman–Crippen LogP) is 8.50. The topological polar surface area (TPSA) is 91.7 Å². The Kier molecular flexibility index (Phi) is 11.6. The number of esters is 1. The van der Waals surface area contributed by atoms with Gasteiger partial charge in [0.2, 0.25) is 0 Å². The molecule has 274 valence electrons. The van der Waals surface area contributed by atoms with Gasteiger partial charge in [-0.1, -0.05) is 74.3 Å². The summed E-state index contributed by atoms with van der Waals surface area (Å²) in [7, 11) is 3.10. The Bertz CT molecular complexity index is 1890. The summed E-state index contributed by atoms with van der Waals surface area (Å²) >= 11 is 13.1. The lowest BCUT2D eigenvalue weighted by atomic mass is 9.86. The van der Waals surface area contributed by atoms with E-state index in [1.54, 1.807) is 61.8 Å². The van der Waals surface area contributed by atoms with Crippen LogP contribution in [0, 0.1) is 5.92 Å². The number of hydrogen-bond donors (Lipinski definition) is 0. The summed E-state index contributed by atoms with van der Waals surface area (Å²) in [5, 5.41) is 0.827. The number of ether oxygens (including phenoxy) is 4. The van der Waals surface area contributed by atoms with Gasteiger partial charge in [0.15, 0.2) is 23.9 Å². The molecule has 3 aliphatic heterocycles. The number of anilines is 1. The molecule has 7 rings (SSSR count). The van der Waals surface area contributed by atoms with E-state index in [0.717, 1.165) is 49.3 Å². The van der Waals surface area contributed by atoms with Crippen molar-refractivity contribution in [3.05, 3.63) is 117 Å². The normalized spacial score (nSPS) is 18.7. The van der Waals surface area contributed by atoms with E-state index in [4.69, 9.17) is 42.1 Å². The second kappa shape index (κ2) is 16.1. The number of amides is 1. The van der Waals surface area contributed by atoms with Crippen LogP contribution in [-0.4, -0.2) is 56.9 Å². The number of aromatic nitrogens is 1. The van der Waals surface area contributed by atoms with Crippen molar-refractivity contribution in [1.29, 1.82) is 0 Å². The first-order chi connectivity index (χ1) is 24.9. The number of rotatable bonds is 11. The van der Waals surface area contributed by atoms with Gasteiger partial charge >= 0.3 is 12.1 Å². The molecule has 0 radical (unpaired) electrons. The molecule has 2 bridgehead atoms. The molecule has 3 aromatic carbocycles. The van der Waals surface area contributed by atoms with Crippen LogP contribution in [0.1, 0.15) is 72.3 Å². The lowest BCUT2D eigenvalue weighted by molar-refractivity contribution is -0.377. The highest BCUT2D eigenvalue weighted by Crippen LogP contribution is 2.36. The molecule has 0 spiro atoms. The van der Waals surface area contributed by atoms with Gasteiger partial charge in [0.1, 0.15) is 22.3 Å². The van der Waals surface area contributed by atoms with Crippen molar-refractivity contribution in [3.63, 3.8) is 0 Å². The summed E-state index contributed by atoms with van der Waals surface area (Å²) in [4.78, 5) is 34.9. The van der Waals surface area contributed by atoms with Gasteiger partial charge in [0.25, 0.3) is 0 Å². The van der Waals surface area contributed by atoms with Crippen molar-refractivity contribution in [1.82, 2.24) is 4.90 Å². The fourth-order valence-corrected chi connectivity index (χ4v) is 7.49. The monoisotopic (exact) mass is 746 g/mol. The zero-order valence-electron chi connectivity index (χ0n) is 30.3. The van der Waals surface area contributed by atoms with Crippen molar-refractivity contribution in [2.45, 2.75) is 64.2 Å². The molecule has 3 aliphatic rings. The maximum Gasteiger partial charge on any atom is 0.414 e. The molecule has 3 saturated heterocycles. The van der Waals surface area contributed by atoms with Crippen molar-refractivity contribution in [3.8, 4) is 11.5 Å². The van der Waals surface area contributed by atoms with Gasteiger partial charge in [-0.25, -0.2) is 14.6 Å². The van der Waals surface area contributed by atoms with Crippen LogP contribution in [0.4, 0.5) is 10.5 Å². The van der Waals surface area contributed by atoms with Crippen LogP contribution in [0.3, 0.4) is 0 Å². The first-order valence-electron chi connectivity index (χ1n) is 17.6. The predicted molar refractivity (Wildman–Crippen MR) is 202 cm³/mol. The Labute approximate surface area is 315 Å². The van der Waals surface area contributed by atoms with Crippen LogP contribution in [0.25, 0.3) is 0 Å². The second-order valence-electron chi connectivity index (χ2n) is 14.5. The summed E-state index contributed by atoms with van der Waals surface area (Å²) in [5.41, 5.74) is 4.07. The lowest BCUT2D eigenvalue weighted by Gasteiger charge is -2.44. The molecular formula is C41H46Cl2N3O6+. The van der Waals surface area contributed by atoms with Crippen LogP contribution in [0.5, 0.6) is 11.5 Å². The Hall–Kier alpha value is -4.31. The maximum atomic E-state index is 14.1. The van der Waals surface area contributed by atoms with E-state index in [9.17, 15) is 9.59 Å². The third-order valence-electron chi connectivity index (χ3n) is 10.0.